The lowest BCUT2D eigenvalue weighted by Crippen LogP contribution is -2.22. The summed E-state index contributed by atoms with van der Waals surface area (Å²) in [7, 11) is 0. The number of hydrogen-bond donors (Lipinski definition) is 1. The Morgan fingerprint density at radius 2 is 1.68 bits per heavy atom. The van der Waals surface area contributed by atoms with E-state index in [1.807, 2.05) is 44.2 Å². The van der Waals surface area contributed by atoms with Crippen LogP contribution in [0.3, 0.4) is 0 Å². The van der Waals surface area contributed by atoms with E-state index in [0.717, 1.165) is 36.0 Å². The summed E-state index contributed by atoms with van der Waals surface area (Å²) in [6, 6.07) is 15.7. The molecule has 2 atom stereocenters. The Kier molecular flexibility index (Phi) is 9.09. The van der Waals surface area contributed by atoms with Crippen LogP contribution in [-0.2, 0) is 12.8 Å². The summed E-state index contributed by atoms with van der Waals surface area (Å²) in [6.07, 6.45) is 6.35. The minimum Gasteiger partial charge on any atom is -0.494 e. The summed E-state index contributed by atoms with van der Waals surface area (Å²) in [5.41, 5.74) is 3.69. The Balaban J connectivity index is 1.40. The molecule has 4 rings (SSSR count). The molecule has 2 unspecified atom stereocenters. The Bertz CT molecular complexity index is 1230. The molecular formula is C32H35F3O2. The molecule has 0 heterocycles. The van der Waals surface area contributed by atoms with Crippen LogP contribution in [0.25, 0.3) is 16.7 Å². The van der Waals surface area contributed by atoms with Gasteiger partial charge in [0.25, 0.3) is 0 Å². The van der Waals surface area contributed by atoms with E-state index in [1.54, 1.807) is 24.3 Å². The molecule has 0 fully saturated rings. The lowest BCUT2D eigenvalue weighted by atomic mass is 9.82. The van der Waals surface area contributed by atoms with Gasteiger partial charge in [-0.15, -0.1) is 0 Å². The van der Waals surface area contributed by atoms with Crippen LogP contribution in [0.1, 0.15) is 62.6 Å². The number of halogens is 3. The predicted octanol–water partition coefficient (Wildman–Crippen LogP) is 8.30. The minimum atomic E-state index is -0.794. The number of hydrogen-bond acceptors (Lipinski definition) is 2. The molecule has 0 saturated carbocycles. The van der Waals surface area contributed by atoms with Crippen molar-refractivity contribution in [2.45, 2.75) is 64.9 Å². The first-order chi connectivity index (χ1) is 17.9. The molecule has 0 bridgehead atoms. The Labute approximate surface area is 217 Å². The molecule has 0 spiro atoms. The van der Waals surface area contributed by atoms with Crippen LogP contribution in [0, 0.1) is 23.4 Å². The van der Waals surface area contributed by atoms with Gasteiger partial charge in [-0.05, 0) is 85.8 Å². The summed E-state index contributed by atoms with van der Waals surface area (Å²) >= 11 is 0. The third-order valence-electron chi connectivity index (χ3n) is 7.29. The first kappa shape index (κ1) is 27.0. The van der Waals surface area contributed by atoms with E-state index in [9.17, 15) is 18.3 Å². The molecular weight excluding hydrogens is 473 g/mol. The third-order valence-corrected chi connectivity index (χ3v) is 7.29. The van der Waals surface area contributed by atoms with E-state index in [0.29, 0.717) is 54.7 Å². The van der Waals surface area contributed by atoms with Crippen molar-refractivity contribution in [2.75, 3.05) is 6.61 Å². The smallest absolute Gasteiger partial charge is 0.166 e. The molecule has 3 aromatic rings. The zero-order valence-corrected chi connectivity index (χ0v) is 21.6. The van der Waals surface area contributed by atoms with Gasteiger partial charge in [0.05, 0.1) is 12.7 Å². The summed E-state index contributed by atoms with van der Waals surface area (Å²) in [5.74, 6) is -1.25. The first-order valence-corrected chi connectivity index (χ1v) is 13.3. The highest BCUT2D eigenvalue weighted by Gasteiger charge is 2.24. The molecule has 37 heavy (non-hydrogen) atoms. The van der Waals surface area contributed by atoms with E-state index in [4.69, 9.17) is 4.74 Å². The standard InChI is InChI=1S/C32H35F3O2/c1-3-5-30(36)24-14-12-23(13-15-24)28-18-16-25(31(34)32(28)35)11-8-21-6-9-22(10-7-21)27-19-17-26(37-4-2)20-29(27)33/h6-7,9-10,12,16-20,24,30,36H,3-5,8,11,13-15H2,1-2H3. The van der Waals surface area contributed by atoms with Gasteiger partial charge in [0, 0.05) is 17.2 Å². The topological polar surface area (TPSA) is 29.5 Å². The second-order valence-electron chi connectivity index (χ2n) is 9.79. The fourth-order valence-electron chi connectivity index (χ4n) is 5.13. The zero-order chi connectivity index (χ0) is 26.4. The number of aliphatic hydroxyl groups is 1. The molecule has 1 aliphatic carbocycles. The molecule has 1 N–H and O–H groups in total. The average molecular weight is 509 g/mol. The Hall–Kier alpha value is -3.05. The normalized spacial score (nSPS) is 16.4. The average Bonchev–Trinajstić information content (AvgIpc) is 2.90. The SMILES string of the molecule is CCCC(O)C1CC=C(c2ccc(CCc3ccc(-c4ccc(OCC)cc4F)cc3)c(F)c2F)CC1. The summed E-state index contributed by atoms with van der Waals surface area (Å²) in [5, 5.41) is 10.2. The lowest BCUT2D eigenvalue weighted by molar-refractivity contribution is 0.0934. The highest BCUT2D eigenvalue weighted by molar-refractivity contribution is 5.67. The van der Waals surface area contributed by atoms with Crippen molar-refractivity contribution < 1.29 is 23.0 Å². The number of benzene rings is 3. The van der Waals surface area contributed by atoms with Crippen LogP contribution >= 0.6 is 0 Å². The molecule has 2 nitrogen and oxygen atoms in total. The van der Waals surface area contributed by atoms with Gasteiger partial charge >= 0.3 is 0 Å². The van der Waals surface area contributed by atoms with Crippen molar-refractivity contribution in [3.8, 4) is 16.9 Å². The molecule has 5 heteroatoms. The largest absolute Gasteiger partial charge is 0.494 e. The van der Waals surface area contributed by atoms with E-state index < -0.39 is 11.6 Å². The monoisotopic (exact) mass is 508 g/mol. The van der Waals surface area contributed by atoms with Crippen LogP contribution in [0.15, 0.2) is 60.7 Å². The van der Waals surface area contributed by atoms with Crippen molar-refractivity contribution in [3.05, 3.63) is 94.8 Å². The van der Waals surface area contributed by atoms with Crippen LogP contribution < -0.4 is 4.74 Å². The fraction of sp³-hybridized carbons (Fsp3) is 0.375. The minimum absolute atomic E-state index is 0.188. The molecule has 196 valence electrons. The van der Waals surface area contributed by atoms with Gasteiger partial charge in [0.2, 0.25) is 0 Å². The number of aryl methyl sites for hydroxylation is 2. The van der Waals surface area contributed by atoms with Gasteiger partial charge in [0.1, 0.15) is 11.6 Å². The predicted molar refractivity (Wildman–Crippen MR) is 143 cm³/mol. The third kappa shape index (κ3) is 6.45. The van der Waals surface area contributed by atoms with Gasteiger partial charge in [0.15, 0.2) is 11.6 Å². The number of allylic oxidation sites excluding steroid dienone is 2. The molecule has 0 aromatic heterocycles. The van der Waals surface area contributed by atoms with Gasteiger partial charge < -0.3 is 9.84 Å². The lowest BCUT2D eigenvalue weighted by Gasteiger charge is -2.26. The summed E-state index contributed by atoms with van der Waals surface area (Å²) in [4.78, 5) is 0. The Morgan fingerprint density at radius 3 is 2.32 bits per heavy atom. The van der Waals surface area contributed by atoms with Crippen molar-refractivity contribution in [2.24, 2.45) is 5.92 Å². The Morgan fingerprint density at radius 1 is 0.919 bits per heavy atom. The molecule has 0 saturated heterocycles. The highest BCUT2D eigenvalue weighted by Crippen LogP contribution is 2.35. The number of ether oxygens (including phenoxy) is 1. The van der Waals surface area contributed by atoms with Crippen LogP contribution in [-0.4, -0.2) is 17.8 Å². The fourth-order valence-corrected chi connectivity index (χ4v) is 5.13. The van der Waals surface area contributed by atoms with Crippen molar-refractivity contribution in [1.29, 1.82) is 0 Å². The van der Waals surface area contributed by atoms with Gasteiger partial charge in [-0.25, -0.2) is 13.2 Å². The molecule has 0 radical (unpaired) electrons. The number of aliphatic hydroxyl groups excluding tert-OH is 1. The molecule has 1 aliphatic rings. The summed E-state index contributed by atoms with van der Waals surface area (Å²) < 4.78 is 49.8. The van der Waals surface area contributed by atoms with Crippen LogP contribution in [0.4, 0.5) is 13.2 Å². The van der Waals surface area contributed by atoms with E-state index in [1.165, 1.54) is 6.07 Å². The van der Waals surface area contributed by atoms with Gasteiger partial charge in [-0.1, -0.05) is 55.8 Å². The first-order valence-electron chi connectivity index (χ1n) is 13.3. The van der Waals surface area contributed by atoms with Crippen LogP contribution in [0.2, 0.25) is 0 Å². The van der Waals surface area contributed by atoms with Crippen molar-refractivity contribution >= 4 is 5.57 Å². The second-order valence-corrected chi connectivity index (χ2v) is 9.79. The van der Waals surface area contributed by atoms with Gasteiger partial charge in [-0.2, -0.15) is 0 Å². The van der Waals surface area contributed by atoms with E-state index in [-0.39, 0.29) is 17.8 Å². The number of rotatable bonds is 10. The molecule has 0 aliphatic heterocycles. The molecule has 0 amide bonds. The van der Waals surface area contributed by atoms with Crippen LogP contribution in [0.5, 0.6) is 5.75 Å². The van der Waals surface area contributed by atoms with Gasteiger partial charge in [-0.3, -0.25) is 0 Å². The van der Waals surface area contributed by atoms with E-state index in [2.05, 4.69) is 0 Å². The van der Waals surface area contributed by atoms with Crippen molar-refractivity contribution in [3.63, 3.8) is 0 Å². The zero-order valence-electron chi connectivity index (χ0n) is 21.6. The quantitative estimate of drug-likeness (QED) is 0.298. The van der Waals surface area contributed by atoms with Crippen molar-refractivity contribution in [1.82, 2.24) is 0 Å². The maximum absolute atomic E-state index is 15.0. The summed E-state index contributed by atoms with van der Waals surface area (Å²) in [6.45, 7) is 4.37. The highest BCUT2D eigenvalue weighted by atomic mass is 19.2. The van der Waals surface area contributed by atoms with E-state index >= 15 is 0 Å². The molecule has 3 aromatic carbocycles. The maximum Gasteiger partial charge on any atom is 0.166 e. The maximum atomic E-state index is 15.0. The second kappa shape index (κ2) is 12.5.